The van der Waals surface area contributed by atoms with Crippen molar-refractivity contribution in [2.75, 3.05) is 16.8 Å². The number of para-hydroxylation sites is 1. The molecule has 1 amide bonds. The molecule has 1 aliphatic heterocycles. The van der Waals surface area contributed by atoms with Gasteiger partial charge in [0.05, 0.1) is 17.8 Å². The maximum absolute atomic E-state index is 13.0. The molecule has 1 unspecified atom stereocenters. The summed E-state index contributed by atoms with van der Waals surface area (Å²) in [4.78, 5) is 20.2. The number of carbonyl (C=O) groups is 1. The number of anilines is 2. The van der Waals surface area contributed by atoms with Crippen LogP contribution >= 0.6 is 11.3 Å². The molecule has 1 saturated heterocycles. The number of rotatable bonds is 7. The molecular formula is C25H27N5OS. The van der Waals surface area contributed by atoms with Crippen LogP contribution in [0.25, 0.3) is 0 Å². The Morgan fingerprint density at radius 2 is 2.00 bits per heavy atom. The molecule has 1 aliphatic carbocycles. The first kappa shape index (κ1) is 20.8. The summed E-state index contributed by atoms with van der Waals surface area (Å²) in [5.41, 5.74) is 2.89. The zero-order valence-corrected chi connectivity index (χ0v) is 18.8. The van der Waals surface area contributed by atoms with Crippen LogP contribution < -0.4 is 10.2 Å². The van der Waals surface area contributed by atoms with Crippen molar-refractivity contribution < 1.29 is 4.79 Å². The summed E-state index contributed by atoms with van der Waals surface area (Å²) in [7, 11) is 0. The van der Waals surface area contributed by atoms with Gasteiger partial charge in [-0.1, -0.05) is 18.2 Å². The second kappa shape index (κ2) is 9.17. The van der Waals surface area contributed by atoms with E-state index >= 15 is 0 Å². The van der Waals surface area contributed by atoms with Crippen molar-refractivity contribution in [3.8, 4) is 6.07 Å². The summed E-state index contributed by atoms with van der Waals surface area (Å²) in [6, 6.07) is 16.8. The summed E-state index contributed by atoms with van der Waals surface area (Å²) in [5.74, 6) is 0.809. The molecule has 164 valence electrons. The highest BCUT2D eigenvalue weighted by Gasteiger charge is 2.31. The number of nitrogens with zero attached hydrogens (tertiary/aromatic N) is 4. The van der Waals surface area contributed by atoms with Gasteiger partial charge < -0.3 is 9.47 Å². The first-order valence-electron chi connectivity index (χ1n) is 11.3. The van der Waals surface area contributed by atoms with E-state index in [1.165, 1.54) is 17.0 Å². The van der Waals surface area contributed by atoms with Crippen LogP contribution in [0.4, 0.5) is 10.8 Å². The lowest BCUT2D eigenvalue weighted by Crippen LogP contribution is -2.30. The van der Waals surface area contributed by atoms with Gasteiger partial charge in [0.2, 0.25) is 0 Å². The maximum atomic E-state index is 13.0. The van der Waals surface area contributed by atoms with Crippen molar-refractivity contribution >= 4 is 28.1 Å². The maximum Gasteiger partial charge on any atom is 0.274 e. The van der Waals surface area contributed by atoms with Crippen molar-refractivity contribution in [1.82, 2.24) is 9.55 Å². The predicted molar refractivity (Wildman–Crippen MR) is 127 cm³/mol. The molecule has 6 nitrogen and oxygen atoms in total. The molecule has 7 heteroatoms. The number of nitriles is 1. The predicted octanol–water partition coefficient (Wildman–Crippen LogP) is 5.48. The zero-order valence-electron chi connectivity index (χ0n) is 18.0. The lowest BCUT2D eigenvalue weighted by molar-refractivity contribution is 0.100. The van der Waals surface area contributed by atoms with Crippen LogP contribution in [-0.4, -0.2) is 22.0 Å². The van der Waals surface area contributed by atoms with Crippen molar-refractivity contribution in [2.24, 2.45) is 11.8 Å². The van der Waals surface area contributed by atoms with Gasteiger partial charge >= 0.3 is 0 Å². The average molecular weight is 446 g/mol. The van der Waals surface area contributed by atoms with Gasteiger partial charge in [-0.15, -0.1) is 11.3 Å². The molecule has 2 fully saturated rings. The number of hydrogen-bond donors (Lipinski definition) is 1. The Morgan fingerprint density at radius 3 is 2.78 bits per heavy atom. The summed E-state index contributed by atoms with van der Waals surface area (Å²) in [5, 5.41) is 14.7. The summed E-state index contributed by atoms with van der Waals surface area (Å²) < 4.78 is 2.02. The summed E-state index contributed by atoms with van der Waals surface area (Å²) >= 11 is 1.49. The van der Waals surface area contributed by atoms with Crippen LogP contribution in [0.1, 0.15) is 54.3 Å². The second-order valence-corrected chi connectivity index (χ2v) is 9.58. The Labute approximate surface area is 192 Å². The minimum Gasteiger partial charge on any atom is -0.363 e. The van der Waals surface area contributed by atoms with Crippen LogP contribution in [0, 0.1) is 23.2 Å². The Morgan fingerprint density at radius 1 is 1.16 bits per heavy atom. The number of hydrogen-bond acceptors (Lipinski definition) is 5. The molecule has 3 heterocycles. The molecular weight excluding hydrogens is 418 g/mol. The van der Waals surface area contributed by atoms with Crippen LogP contribution in [0.15, 0.2) is 54.0 Å². The van der Waals surface area contributed by atoms with Crippen LogP contribution in [0.5, 0.6) is 0 Å². The highest BCUT2D eigenvalue weighted by molar-refractivity contribution is 7.14. The molecule has 0 bridgehead atoms. The minimum atomic E-state index is -0.126. The fourth-order valence-corrected chi connectivity index (χ4v) is 5.71. The van der Waals surface area contributed by atoms with E-state index in [2.05, 4.69) is 45.9 Å². The van der Waals surface area contributed by atoms with Gasteiger partial charge in [0.15, 0.2) is 5.13 Å². The molecule has 2 aliphatic rings. The normalized spacial score (nSPS) is 22.3. The first-order chi connectivity index (χ1) is 15.7. The second-order valence-electron chi connectivity index (χ2n) is 8.72. The summed E-state index contributed by atoms with van der Waals surface area (Å²) in [6.07, 6.45) is 7.02. The van der Waals surface area contributed by atoms with E-state index in [4.69, 9.17) is 10.2 Å². The molecule has 3 aromatic rings. The highest BCUT2D eigenvalue weighted by Crippen LogP contribution is 2.38. The molecule has 1 N–H and O–H groups in total. The largest absolute Gasteiger partial charge is 0.363 e. The number of nitrogens with one attached hydrogen (secondary N) is 1. The van der Waals surface area contributed by atoms with Crippen LogP contribution in [-0.2, 0) is 6.54 Å². The zero-order chi connectivity index (χ0) is 21.9. The number of thiazole rings is 1. The lowest BCUT2D eigenvalue weighted by Gasteiger charge is -2.35. The molecule has 3 atom stereocenters. The van der Waals surface area contributed by atoms with Crippen LogP contribution in [0.2, 0.25) is 0 Å². The van der Waals surface area contributed by atoms with E-state index in [0.29, 0.717) is 29.1 Å². The Hall–Kier alpha value is -3.11. The van der Waals surface area contributed by atoms with E-state index in [-0.39, 0.29) is 11.9 Å². The Kier molecular flexibility index (Phi) is 5.95. The number of aromatic nitrogens is 2. The number of benzene rings is 1. The van der Waals surface area contributed by atoms with Gasteiger partial charge in [0.25, 0.3) is 5.91 Å². The lowest BCUT2D eigenvalue weighted by atomic mass is 9.72. The standard InChI is InChI=1S/C25H27N5OS/c26-13-12-18-10-11-19(18)16-29-14-4-9-23(29)24(31)28-25-27-21(17-32-25)22-8-5-15-30(22)20-6-2-1-3-7-20/h1-4,6-7,9,14,17-19,22H,5,8,10-12,15-16H2,(H,27,28,31)/t18-,19-,22?/m0/s1. The molecule has 0 spiro atoms. The fraction of sp³-hybridized carbons (Fsp3) is 0.400. The Bertz CT molecular complexity index is 1110. The van der Waals surface area contributed by atoms with Gasteiger partial charge in [-0.2, -0.15) is 5.26 Å². The van der Waals surface area contributed by atoms with E-state index in [0.717, 1.165) is 44.5 Å². The van der Waals surface area contributed by atoms with Crippen molar-refractivity contribution in [3.05, 3.63) is 65.4 Å². The average Bonchev–Trinajstić information content (AvgIpc) is 3.56. The van der Waals surface area contributed by atoms with Gasteiger partial charge in [0, 0.05) is 36.8 Å². The van der Waals surface area contributed by atoms with E-state index < -0.39 is 0 Å². The summed E-state index contributed by atoms with van der Waals surface area (Å²) in [6.45, 7) is 1.81. The van der Waals surface area contributed by atoms with E-state index in [9.17, 15) is 4.79 Å². The number of carbonyl (C=O) groups excluding carboxylic acids is 1. The number of amides is 1. The quantitative estimate of drug-likeness (QED) is 0.523. The third kappa shape index (κ3) is 4.15. The molecule has 2 aromatic heterocycles. The highest BCUT2D eigenvalue weighted by atomic mass is 32.1. The van der Waals surface area contributed by atoms with Crippen molar-refractivity contribution in [1.29, 1.82) is 5.26 Å². The monoisotopic (exact) mass is 445 g/mol. The van der Waals surface area contributed by atoms with Gasteiger partial charge in [-0.05, 0) is 61.8 Å². The topological polar surface area (TPSA) is 74.0 Å². The molecule has 1 saturated carbocycles. The van der Waals surface area contributed by atoms with E-state index in [1.54, 1.807) is 0 Å². The first-order valence-corrected chi connectivity index (χ1v) is 12.2. The van der Waals surface area contributed by atoms with Crippen LogP contribution in [0.3, 0.4) is 0 Å². The molecule has 5 rings (SSSR count). The molecule has 0 radical (unpaired) electrons. The molecule has 1 aromatic carbocycles. The smallest absolute Gasteiger partial charge is 0.274 e. The van der Waals surface area contributed by atoms with Gasteiger partial charge in [-0.3, -0.25) is 10.1 Å². The van der Waals surface area contributed by atoms with Crippen molar-refractivity contribution in [2.45, 2.75) is 44.7 Å². The third-order valence-electron chi connectivity index (χ3n) is 6.85. The Balaban J connectivity index is 1.25. The van der Waals surface area contributed by atoms with Gasteiger partial charge in [0.1, 0.15) is 5.69 Å². The SMILES string of the molecule is N#CC[C@@H]1CC[C@H]1Cn1cccc1C(=O)Nc1nc(C2CCCN2c2ccccc2)cs1. The fourth-order valence-electron chi connectivity index (χ4n) is 4.96. The van der Waals surface area contributed by atoms with Gasteiger partial charge in [-0.25, -0.2) is 4.98 Å². The minimum absolute atomic E-state index is 0.126. The van der Waals surface area contributed by atoms with E-state index in [1.807, 2.05) is 29.0 Å². The third-order valence-corrected chi connectivity index (χ3v) is 7.62. The molecule has 32 heavy (non-hydrogen) atoms. The van der Waals surface area contributed by atoms with Crippen molar-refractivity contribution in [3.63, 3.8) is 0 Å².